The summed E-state index contributed by atoms with van der Waals surface area (Å²) in [6.45, 7) is 6.12. The van der Waals surface area contributed by atoms with Crippen LogP contribution in [0.2, 0.25) is 0 Å². The minimum atomic E-state index is -3.65. The van der Waals surface area contributed by atoms with Crippen LogP contribution in [0.1, 0.15) is 30.9 Å². The number of hydrogen-bond acceptors (Lipinski definition) is 4. The van der Waals surface area contributed by atoms with Crippen LogP contribution in [0.25, 0.3) is 0 Å². The van der Waals surface area contributed by atoms with Crippen molar-refractivity contribution in [1.82, 2.24) is 9.03 Å². The molecule has 0 aliphatic rings. The first-order valence-corrected chi connectivity index (χ1v) is 10.9. The zero-order valence-electron chi connectivity index (χ0n) is 14.2. The monoisotopic (exact) mass is 362 g/mol. The zero-order chi connectivity index (χ0) is 17.7. The van der Waals surface area contributed by atoms with E-state index in [0.29, 0.717) is 12.1 Å². The van der Waals surface area contributed by atoms with E-state index >= 15 is 0 Å². The molecule has 0 aliphatic carbocycles. The van der Waals surface area contributed by atoms with E-state index in [-0.39, 0.29) is 18.0 Å². The molecule has 0 unspecified atom stereocenters. The van der Waals surface area contributed by atoms with Crippen molar-refractivity contribution >= 4 is 20.0 Å². The molecular formula is C15H26N2O4S2. The average molecular weight is 363 g/mol. The molecule has 6 nitrogen and oxygen atoms in total. The second-order valence-electron chi connectivity index (χ2n) is 5.68. The summed E-state index contributed by atoms with van der Waals surface area (Å²) in [6.07, 6.45) is 2.76. The number of sulfonamides is 2. The van der Waals surface area contributed by atoms with E-state index in [2.05, 4.69) is 4.72 Å². The number of unbranched alkanes of at least 4 members (excludes halogenated alkanes) is 1. The molecular weight excluding hydrogens is 336 g/mol. The second kappa shape index (κ2) is 8.23. The fourth-order valence-electron chi connectivity index (χ4n) is 2.16. The topological polar surface area (TPSA) is 83.6 Å². The van der Waals surface area contributed by atoms with Crippen molar-refractivity contribution in [1.29, 1.82) is 0 Å². The van der Waals surface area contributed by atoms with Crippen LogP contribution in [-0.4, -0.2) is 47.0 Å². The minimum absolute atomic E-state index is 0.0481. The minimum Gasteiger partial charge on any atom is -0.213 e. The molecule has 0 heterocycles. The van der Waals surface area contributed by atoms with Crippen LogP contribution in [0.5, 0.6) is 0 Å². The van der Waals surface area contributed by atoms with E-state index in [0.717, 1.165) is 24.7 Å². The number of nitrogens with one attached hydrogen (secondary N) is 1. The van der Waals surface area contributed by atoms with Crippen LogP contribution in [0.4, 0.5) is 0 Å². The van der Waals surface area contributed by atoms with Crippen LogP contribution in [0.3, 0.4) is 0 Å². The van der Waals surface area contributed by atoms with Crippen LogP contribution in [0.15, 0.2) is 23.1 Å². The fourth-order valence-corrected chi connectivity index (χ4v) is 4.39. The molecule has 0 aliphatic heterocycles. The number of hydrogen-bond donors (Lipinski definition) is 1. The Labute approximate surface area is 140 Å². The molecule has 0 aromatic heterocycles. The molecule has 1 aromatic carbocycles. The molecule has 1 aromatic rings. The normalized spacial score (nSPS) is 12.7. The van der Waals surface area contributed by atoms with Crippen molar-refractivity contribution in [2.24, 2.45) is 0 Å². The lowest BCUT2D eigenvalue weighted by molar-refractivity contribution is 0.408. The predicted molar refractivity (Wildman–Crippen MR) is 92.4 cm³/mol. The molecule has 132 valence electrons. The largest absolute Gasteiger partial charge is 0.240 e. The first-order chi connectivity index (χ1) is 10.6. The highest BCUT2D eigenvalue weighted by molar-refractivity contribution is 7.89. The molecule has 1 rings (SSSR count). The Bertz CT molecular complexity index is 728. The molecule has 0 saturated heterocycles. The highest BCUT2D eigenvalue weighted by Gasteiger charge is 2.19. The van der Waals surface area contributed by atoms with Gasteiger partial charge in [-0.25, -0.2) is 25.9 Å². The Morgan fingerprint density at radius 3 is 2.30 bits per heavy atom. The highest BCUT2D eigenvalue weighted by atomic mass is 32.2. The summed E-state index contributed by atoms with van der Waals surface area (Å²) >= 11 is 0. The molecule has 0 atom stereocenters. The van der Waals surface area contributed by atoms with Gasteiger partial charge in [-0.05, 0) is 37.5 Å². The summed E-state index contributed by atoms with van der Waals surface area (Å²) in [5.41, 5.74) is 1.52. The summed E-state index contributed by atoms with van der Waals surface area (Å²) in [7, 11) is -6.98. The number of aryl methyl sites for hydroxylation is 2. The summed E-state index contributed by atoms with van der Waals surface area (Å²) in [5.74, 6) is 0. The third-order valence-electron chi connectivity index (χ3n) is 3.52. The average Bonchev–Trinajstić information content (AvgIpc) is 2.43. The van der Waals surface area contributed by atoms with Crippen LogP contribution in [-0.2, 0) is 20.0 Å². The van der Waals surface area contributed by atoms with Gasteiger partial charge < -0.3 is 0 Å². The summed E-state index contributed by atoms with van der Waals surface area (Å²) in [4.78, 5) is 0.233. The molecule has 0 radical (unpaired) electrons. The van der Waals surface area contributed by atoms with E-state index in [1.54, 1.807) is 19.1 Å². The second-order valence-corrected chi connectivity index (χ2v) is 9.40. The zero-order valence-corrected chi connectivity index (χ0v) is 15.8. The van der Waals surface area contributed by atoms with E-state index in [1.165, 1.54) is 4.31 Å². The molecule has 23 heavy (non-hydrogen) atoms. The Morgan fingerprint density at radius 2 is 1.74 bits per heavy atom. The Balaban J connectivity index is 2.77. The molecule has 0 amide bonds. The number of rotatable bonds is 9. The van der Waals surface area contributed by atoms with Crippen LogP contribution >= 0.6 is 0 Å². The lowest BCUT2D eigenvalue weighted by atomic mass is 10.2. The van der Waals surface area contributed by atoms with Gasteiger partial charge in [0.2, 0.25) is 20.0 Å². The number of nitrogens with zero attached hydrogens (tertiary/aromatic N) is 1. The Kier molecular flexibility index (Phi) is 7.19. The molecule has 1 N–H and O–H groups in total. The van der Waals surface area contributed by atoms with Gasteiger partial charge in [-0.1, -0.05) is 25.5 Å². The SMILES string of the molecule is CCCCN(CCNS(=O)(=O)c1cc(C)ccc1C)S(C)(=O)=O. The summed E-state index contributed by atoms with van der Waals surface area (Å²) in [6, 6.07) is 5.22. The van der Waals surface area contributed by atoms with E-state index in [4.69, 9.17) is 0 Å². The van der Waals surface area contributed by atoms with Gasteiger partial charge in [0.1, 0.15) is 0 Å². The van der Waals surface area contributed by atoms with Crippen molar-refractivity contribution in [3.8, 4) is 0 Å². The van der Waals surface area contributed by atoms with Gasteiger partial charge in [0.15, 0.2) is 0 Å². The van der Waals surface area contributed by atoms with Gasteiger partial charge in [0, 0.05) is 19.6 Å². The predicted octanol–water partition coefficient (Wildman–Crippen LogP) is 1.64. The molecule has 0 saturated carbocycles. The van der Waals surface area contributed by atoms with Crippen molar-refractivity contribution in [2.45, 2.75) is 38.5 Å². The Hall–Kier alpha value is -0.960. The van der Waals surface area contributed by atoms with Gasteiger partial charge >= 0.3 is 0 Å². The van der Waals surface area contributed by atoms with Crippen LogP contribution in [0, 0.1) is 13.8 Å². The van der Waals surface area contributed by atoms with E-state index < -0.39 is 20.0 Å². The maximum absolute atomic E-state index is 12.4. The molecule has 0 fully saturated rings. The van der Waals surface area contributed by atoms with Crippen molar-refractivity contribution in [2.75, 3.05) is 25.9 Å². The fraction of sp³-hybridized carbons (Fsp3) is 0.600. The van der Waals surface area contributed by atoms with Crippen molar-refractivity contribution in [3.63, 3.8) is 0 Å². The van der Waals surface area contributed by atoms with Crippen LogP contribution < -0.4 is 4.72 Å². The lowest BCUT2D eigenvalue weighted by Crippen LogP contribution is -2.38. The van der Waals surface area contributed by atoms with Gasteiger partial charge in [-0.3, -0.25) is 0 Å². The smallest absolute Gasteiger partial charge is 0.213 e. The molecule has 0 bridgehead atoms. The maximum Gasteiger partial charge on any atom is 0.240 e. The third kappa shape index (κ3) is 6.21. The first kappa shape index (κ1) is 20.1. The third-order valence-corrected chi connectivity index (χ3v) is 6.42. The quantitative estimate of drug-likeness (QED) is 0.724. The molecule has 8 heteroatoms. The number of benzene rings is 1. The van der Waals surface area contributed by atoms with Gasteiger partial charge in [-0.2, -0.15) is 0 Å². The van der Waals surface area contributed by atoms with Gasteiger partial charge in [0.25, 0.3) is 0 Å². The maximum atomic E-state index is 12.4. The standard InChI is InChI=1S/C15H26N2O4S2/c1-5-6-10-17(22(4,18)19)11-9-16-23(20,21)15-12-13(2)7-8-14(15)3/h7-8,12,16H,5-6,9-11H2,1-4H3. The summed E-state index contributed by atoms with van der Waals surface area (Å²) in [5, 5.41) is 0. The van der Waals surface area contributed by atoms with Gasteiger partial charge in [0.05, 0.1) is 11.2 Å². The first-order valence-electron chi connectivity index (χ1n) is 7.60. The molecule has 0 spiro atoms. The highest BCUT2D eigenvalue weighted by Crippen LogP contribution is 2.16. The van der Waals surface area contributed by atoms with Crippen molar-refractivity contribution < 1.29 is 16.8 Å². The van der Waals surface area contributed by atoms with Gasteiger partial charge in [-0.15, -0.1) is 0 Å². The van der Waals surface area contributed by atoms with E-state index in [9.17, 15) is 16.8 Å². The van der Waals surface area contributed by atoms with E-state index in [1.807, 2.05) is 19.9 Å². The summed E-state index contributed by atoms with van der Waals surface area (Å²) < 4.78 is 52.0. The Morgan fingerprint density at radius 1 is 1.09 bits per heavy atom. The lowest BCUT2D eigenvalue weighted by Gasteiger charge is -2.20. The van der Waals surface area contributed by atoms with Crippen molar-refractivity contribution in [3.05, 3.63) is 29.3 Å².